The topological polar surface area (TPSA) is 97.6 Å². The number of rotatable bonds is 10. The van der Waals surface area contributed by atoms with Crippen molar-refractivity contribution in [3.8, 4) is 23.0 Å². The van der Waals surface area contributed by atoms with Crippen LogP contribution in [0.4, 0.5) is 0 Å². The molecule has 1 unspecified atom stereocenters. The molecule has 3 aromatic rings. The number of thiazole rings is 1. The van der Waals surface area contributed by atoms with E-state index in [0.29, 0.717) is 55.8 Å². The predicted molar refractivity (Wildman–Crippen MR) is 149 cm³/mol. The number of aromatic nitrogens is 1. The zero-order chi connectivity index (χ0) is 28.1. The van der Waals surface area contributed by atoms with Gasteiger partial charge >= 0.3 is 5.97 Å². The largest absolute Gasteiger partial charge is 0.493 e. The molecule has 0 radical (unpaired) electrons. The maximum Gasteiger partial charge on any atom is 0.338 e. The van der Waals surface area contributed by atoms with Crippen molar-refractivity contribution in [2.45, 2.75) is 19.9 Å². The average Bonchev–Trinajstić information content (AvgIpc) is 3.25. The number of hydrogen-bond donors (Lipinski definition) is 0. The SMILES string of the molecule is C=CCOc1ccc(C2C(C(=O)OCC)=C(C)N=c3sc(=Cc4ccc(OC)c(OC)c4OC)c(=O)n32)cc1. The standard InChI is InChI=1S/C29H30N2O7S/c1-7-15-38-20-12-9-18(10-13-20)24-23(28(33)37-8-2)17(3)30-29-31(24)27(32)22(39-29)16-19-11-14-21(34-4)26(36-6)25(19)35-5/h7,9-14,16,24H,1,8,15H2,2-6H3. The normalized spacial score (nSPS) is 14.8. The minimum Gasteiger partial charge on any atom is -0.493 e. The minimum atomic E-state index is -0.733. The lowest BCUT2D eigenvalue weighted by atomic mass is 9.96. The molecule has 4 rings (SSSR count). The molecule has 0 N–H and O–H groups in total. The number of fused-ring (bicyclic) bond motifs is 1. The van der Waals surface area contributed by atoms with E-state index in [4.69, 9.17) is 23.7 Å². The molecule has 1 atom stereocenters. The van der Waals surface area contributed by atoms with Gasteiger partial charge in [-0.3, -0.25) is 9.36 Å². The third kappa shape index (κ3) is 5.33. The van der Waals surface area contributed by atoms with Crippen LogP contribution in [0.1, 0.15) is 31.0 Å². The van der Waals surface area contributed by atoms with Gasteiger partial charge in [0.15, 0.2) is 16.3 Å². The fourth-order valence-corrected chi connectivity index (χ4v) is 5.43. The molecule has 0 fully saturated rings. The van der Waals surface area contributed by atoms with Crippen LogP contribution < -0.4 is 33.8 Å². The molecule has 1 aromatic heterocycles. The number of nitrogens with zero attached hydrogens (tertiary/aromatic N) is 2. The minimum absolute atomic E-state index is 0.195. The van der Waals surface area contributed by atoms with Gasteiger partial charge in [-0.05, 0) is 49.8 Å². The lowest BCUT2D eigenvalue weighted by Crippen LogP contribution is -2.39. The van der Waals surface area contributed by atoms with E-state index in [1.165, 1.54) is 37.2 Å². The Hall–Kier alpha value is -4.31. The zero-order valence-corrected chi connectivity index (χ0v) is 23.3. The Labute approximate surface area is 229 Å². The Balaban J connectivity index is 1.92. The molecule has 204 valence electrons. The van der Waals surface area contributed by atoms with Gasteiger partial charge in [-0.15, -0.1) is 0 Å². The molecule has 0 bridgehead atoms. The Morgan fingerprint density at radius 2 is 1.79 bits per heavy atom. The first-order valence-corrected chi connectivity index (χ1v) is 13.0. The summed E-state index contributed by atoms with van der Waals surface area (Å²) in [7, 11) is 4.58. The Bertz CT molecular complexity index is 1600. The quantitative estimate of drug-likeness (QED) is 0.282. The molecule has 0 spiro atoms. The second kappa shape index (κ2) is 12.0. The highest BCUT2D eigenvalue weighted by Crippen LogP contribution is 2.40. The fraction of sp³-hybridized carbons (Fsp3) is 0.276. The molecule has 2 heterocycles. The molecule has 0 saturated carbocycles. The highest BCUT2D eigenvalue weighted by Gasteiger charge is 2.33. The predicted octanol–water partition coefficient (Wildman–Crippen LogP) is 3.39. The van der Waals surface area contributed by atoms with Crippen LogP contribution in [0.25, 0.3) is 6.08 Å². The molecular weight excluding hydrogens is 520 g/mol. The van der Waals surface area contributed by atoms with Crippen molar-refractivity contribution in [1.82, 2.24) is 4.57 Å². The lowest BCUT2D eigenvalue weighted by Gasteiger charge is -2.24. The third-order valence-electron chi connectivity index (χ3n) is 6.10. The van der Waals surface area contributed by atoms with Crippen molar-refractivity contribution in [2.24, 2.45) is 4.99 Å². The van der Waals surface area contributed by atoms with E-state index in [9.17, 15) is 9.59 Å². The fourth-order valence-electron chi connectivity index (χ4n) is 4.39. The van der Waals surface area contributed by atoms with Gasteiger partial charge in [0.1, 0.15) is 12.4 Å². The van der Waals surface area contributed by atoms with Crippen molar-refractivity contribution in [3.63, 3.8) is 0 Å². The van der Waals surface area contributed by atoms with E-state index in [2.05, 4.69) is 11.6 Å². The number of ether oxygens (including phenoxy) is 5. The number of methoxy groups -OCH3 is 3. The zero-order valence-electron chi connectivity index (χ0n) is 22.5. The molecule has 2 aromatic carbocycles. The lowest BCUT2D eigenvalue weighted by molar-refractivity contribution is -0.139. The van der Waals surface area contributed by atoms with E-state index in [1.807, 2.05) is 12.1 Å². The highest BCUT2D eigenvalue weighted by molar-refractivity contribution is 7.07. The van der Waals surface area contributed by atoms with E-state index in [-0.39, 0.29) is 12.2 Å². The van der Waals surface area contributed by atoms with Crippen LogP contribution in [-0.2, 0) is 9.53 Å². The molecular formula is C29H30N2O7S. The summed E-state index contributed by atoms with van der Waals surface area (Å²) >= 11 is 1.22. The summed E-state index contributed by atoms with van der Waals surface area (Å²) in [6, 6.07) is 10.0. The van der Waals surface area contributed by atoms with Gasteiger partial charge in [-0.1, -0.05) is 36.1 Å². The summed E-state index contributed by atoms with van der Waals surface area (Å²) in [6.45, 7) is 7.70. The Kier molecular flexibility index (Phi) is 8.55. The Morgan fingerprint density at radius 3 is 2.41 bits per heavy atom. The van der Waals surface area contributed by atoms with Crippen LogP contribution in [0.5, 0.6) is 23.0 Å². The maximum absolute atomic E-state index is 13.9. The maximum atomic E-state index is 13.9. The third-order valence-corrected chi connectivity index (χ3v) is 7.08. The van der Waals surface area contributed by atoms with Crippen molar-refractivity contribution in [3.05, 3.63) is 91.1 Å². The second-order valence-electron chi connectivity index (χ2n) is 8.39. The monoisotopic (exact) mass is 550 g/mol. The first kappa shape index (κ1) is 27.7. The molecule has 0 aliphatic carbocycles. The van der Waals surface area contributed by atoms with Gasteiger partial charge in [0, 0.05) is 5.56 Å². The summed E-state index contributed by atoms with van der Waals surface area (Å²) in [6.07, 6.45) is 3.38. The van der Waals surface area contributed by atoms with Gasteiger partial charge in [0.25, 0.3) is 5.56 Å². The van der Waals surface area contributed by atoms with Gasteiger partial charge in [-0.2, -0.15) is 0 Å². The molecule has 39 heavy (non-hydrogen) atoms. The number of benzene rings is 2. The van der Waals surface area contributed by atoms with Crippen LogP contribution in [0.2, 0.25) is 0 Å². The summed E-state index contributed by atoms with van der Waals surface area (Å²) in [5.41, 5.74) is 1.83. The van der Waals surface area contributed by atoms with Crippen LogP contribution in [-0.4, -0.2) is 45.1 Å². The second-order valence-corrected chi connectivity index (χ2v) is 9.40. The number of esters is 1. The van der Waals surface area contributed by atoms with E-state index >= 15 is 0 Å². The van der Waals surface area contributed by atoms with Gasteiger partial charge < -0.3 is 23.7 Å². The highest BCUT2D eigenvalue weighted by atomic mass is 32.1. The smallest absolute Gasteiger partial charge is 0.338 e. The molecule has 1 aliphatic rings. The summed E-state index contributed by atoms with van der Waals surface area (Å²) in [5, 5.41) is 0. The molecule has 0 amide bonds. The van der Waals surface area contributed by atoms with Crippen LogP contribution in [0.15, 0.2) is 70.1 Å². The summed E-state index contributed by atoms with van der Waals surface area (Å²) in [5.74, 6) is 1.47. The van der Waals surface area contributed by atoms with E-state index in [0.717, 1.165) is 5.56 Å². The van der Waals surface area contributed by atoms with Crippen molar-refractivity contribution in [2.75, 3.05) is 34.5 Å². The van der Waals surface area contributed by atoms with Crippen molar-refractivity contribution >= 4 is 23.4 Å². The number of allylic oxidation sites excluding steroid dienone is 1. The molecule has 1 aliphatic heterocycles. The van der Waals surface area contributed by atoms with Crippen molar-refractivity contribution < 1.29 is 28.5 Å². The molecule has 9 nitrogen and oxygen atoms in total. The number of hydrogen-bond acceptors (Lipinski definition) is 9. The van der Waals surface area contributed by atoms with Crippen LogP contribution in [0.3, 0.4) is 0 Å². The first-order chi connectivity index (χ1) is 18.9. The van der Waals surface area contributed by atoms with Crippen LogP contribution >= 0.6 is 11.3 Å². The summed E-state index contributed by atoms with van der Waals surface area (Å²) < 4.78 is 29.4. The van der Waals surface area contributed by atoms with Crippen molar-refractivity contribution in [1.29, 1.82) is 0 Å². The molecule has 10 heteroatoms. The van der Waals surface area contributed by atoms with E-state index < -0.39 is 12.0 Å². The number of carbonyl (C=O) groups excluding carboxylic acids is 1. The number of carbonyl (C=O) groups is 1. The van der Waals surface area contributed by atoms with Gasteiger partial charge in [0.05, 0.1) is 49.8 Å². The average molecular weight is 551 g/mol. The summed E-state index contributed by atoms with van der Waals surface area (Å²) in [4.78, 5) is 32.1. The first-order valence-electron chi connectivity index (χ1n) is 12.2. The van der Waals surface area contributed by atoms with Crippen LogP contribution in [0, 0.1) is 0 Å². The van der Waals surface area contributed by atoms with Gasteiger partial charge in [0.2, 0.25) is 5.75 Å². The molecule has 0 saturated heterocycles. The van der Waals surface area contributed by atoms with E-state index in [1.54, 1.807) is 50.3 Å². The van der Waals surface area contributed by atoms with Gasteiger partial charge in [-0.25, -0.2) is 9.79 Å². The Morgan fingerprint density at radius 1 is 1.08 bits per heavy atom.